The quantitative estimate of drug-likeness (QED) is 0.848. The number of aryl methyl sites for hydroxylation is 1. The summed E-state index contributed by atoms with van der Waals surface area (Å²) in [7, 11) is 0. The van der Waals surface area contributed by atoms with Crippen molar-refractivity contribution in [2.75, 3.05) is 13.2 Å². The number of aliphatic hydroxyl groups is 1. The largest absolute Gasteiger partial charge is 0.493 e. The van der Waals surface area contributed by atoms with Crippen molar-refractivity contribution in [2.24, 2.45) is 5.92 Å². The predicted octanol–water partition coefficient (Wildman–Crippen LogP) is 2.74. The first-order valence-corrected chi connectivity index (χ1v) is 6.09. The standard InChI is InChI=1S/C14H20O2/c1-10(2)13(9-15)11-5-6-14-12(8-11)4-3-7-16-14/h5-6,8,10,13,15H,3-4,7,9H2,1-2H3. The first-order chi connectivity index (χ1) is 7.72. The van der Waals surface area contributed by atoms with Crippen molar-refractivity contribution in [3.8, 4) is 5.75 Å². The predicted molar refractivity (Wildman–Crippen MR) is 64.9 cm³/mol. The summed E-state index contributed by atoms with van der Waals surface area (Å²) in [4.78, 5) is 0. The van der Waals surface area contributed by atoms with Gasteiger partial charge < -0.3 is 9.84 Å². The van der Waals surface area contributed by atoms with Gasteiger partial charge in [-0.2, -0.15) is 0 Å². The molecule has 2 heteroatoms. The molecular formula is C14H20O2. The van der Waals surface area contributed by atoms with Gasteiger partial charge in [0, 0.05) is 5.92 Å². The second-order valence-corrected chi connectivity index (χ2v) is 4.85. The minimum atomic E-state index is 0.220. The maximum absolute atomic E-state index is 9.42. The van der Waals surface area contributed by atoms with Crippen LogP contribution >= 0.6 is 0 Å². The van der Waals surface area contributed by atoms with Crippen LogP contribution in [-0.2, 0) is 6.42 Å². The van der Waals surface area contributed by atoms with Gasteiger partial charge in [0.15, 0.2) is 0 Å². The highest BCUT2D eigenvalue weighted by Gasteiger charge is 2.17. The number of ether oxygens (including phenoxy) is 1. The van der Waals surface area contributed by atoms with E-state index in [-0.39, 0.29) is 12.5 Å². The summed E-state index contributed by atoms with van der Waals surface area (Å²) >= 11 is 0. The van der Waals surface area contributed by atoms with Crippen LogP contribution in [0.4, 0.5) is 0 Å². The van der Waals surface area contributed by atoms with Crippen LogP contribution < -0.4 is 4.74 Å². The van der Waals surface area contributed by atoms with Crippen LogP contribution in [0.2, 0.25) is 0 Å². The summed E-state index contributed by atoms with van der Waals surface area (Å²) in [6.07, 6.45) is 2.20. The Bertz CT molecular complexity index is 358. The molecular weight excluding hydrogens is 200 g/mol. The van der Waals surface area contributed by atoms with Gasteiger partial charge >= 0.3 is 0 Å². The third-order valence-corrected chi connectivity index (χ3v) is 3.36. The molecule has 0 amide bonds. The lowest BCUT2D eigenvalue weighted by Crippen LogP contribution is -2.13. The molecule has 1 aromatic rings. The summed E-state index contributed by atoms with van der Waals surface area (Å²) in [6, 6.07) is 6.34. The molecule has 1 heterocycles. The molecule has 1 aliphatic heterocycles. The van der Waals surface area contributed by atoms with E-state index in [0.717, 1.165) is 25.2 Å². The van der Waals surface area contributed by atoms with Gasteiger partial charge in [0.1, 0.15) is 5.75 Å². The first-order valence-electron chi connectivity index (χ1n) is 6.09. The van der Waals surface area contributed by atoms with Crippen LogP contribution in [0.3, 0.4) is 0 Å². The molecule has 0 saturated carbocycles. The molecule has 2 rings (SSSR count). The Morgan fingerprint density at radius 3 is 2.88 bits per heavy atom. The summed E-state index contributed by atoms with van der Waals surface area (Å²) in [6.45, 7) is 5.35. The van der Waals surface area contributed by atoms with Gasteiger partial charge in [-0.25, -0.2) is 0 Å². The van der Waals surface area contributed by atoms with E-state index in [4.69, 9.17) is 4.74 Å². The fourth-order valence-corrected chi connectivity index (χ4v) is 2.31. The van der Waals surface area contributed by atoms with Crippen molar-refractivity contribution < 1.29 is 9.84 Å². The van der Waals surface area contributed by atoms with Gasteiger partial charge in [0.05, 0.1) is 13.2 Å². The molecule has 88 valence electrons. The van der Waals surface area contributed by atoms with Crippen LogP contribution in [0.1, 0.15) is 37.3 Å². The van der Waals surface area contributed by atoms with Gasteiger partial charge in [-0.15, -0.1) is 0 Å². The van der Waals surface area contributed by atoms with E-state index in [1.807, 2.05) is 0 Å². The molecule has 16 heavy (non-hydrogen) atoms. The molecule has 1 aromatic carbocycles. The Morgan fingerprint density at radius 2 is 2.19 bits per heavy atom. The minimum Gasteiger partial charge on any atom is -0.493 e. The Morgan fingerprint density at radius 1 is 1.38 bits per heavy atom. The van der Waals surface area contributed by atoms with Crippen molar-refractivity contribution in [3.63, 3.8) is 0 Å². The number of aliphatic hydroxyl groups excluding tert-OH is 1. The monoisotopic (exact) mass is 220 g/mol. The Balaban J connectivity index is 2.28. The summed E-state index contributed by atoms with van der Waals surface area (Å²) in [5.41, 5.74) is 2.53. The van der Waals surface area contributed by atoms with Crippen LogP contribution in [-0.4, -0.2) is 18.3 Å². The van der Waals surface area contributed by atoms with Crippen LogP contribution in [0.25, 0.3) is 0 Å². The highest BCUT2D eigenvalue weighted by molar-refractivity contribution is 5.39. The summed E-state index contributed by atoms with van der Waals surface area (Å²) in [5, 5.41) is 9.42. The second-order valence-electron chi connectivity index (χ2n) is 4.85. The molecule has 0 radical (unpaired) electrons. The summed E-state index contributed by atoms with van der Waals surface area (Å²) in [5.74, 6) is 1.73. The van der Waals surface area contributed by atoms with E-state index < -0.39 is 0 Å². The second kappa shape index (κ2) is 4.88. The van der Waals surface area contributed by atoms with E-state index in [1.54, 1.807) is 0 Å². The molecule has 2 nitrogen and oxygen atoms in total. The van der Waals surface area contributed by atoms with E-state index in [9.17, 15) is 5.11 Å². The highest BCUT2D eigenvalue weighted by Crippen LogP contribution is 2.31. The van der Waals surface area contributed by atoms with Crippen molar-refractivity contribution in [3.05, 3.63) is 29.3 Å². The zero-order valence-electron chi connectivity index (χ0n) is 10.1. The van der Waals surface area contributed by atoms with Crippen LogP contribution in [0.5, 0.6) is 5.75 Å². The Hall–Kier alpha value is -1.02. The number of hydrogen-bond donors (Lipinski definition) is 1. The average Bonchev–Trinajstić information content (AvgIpc) is 2.29. The van der Waals surface area contributed by atoms with Gasteiger partial charge in [-0.05, 0) is 36.0 Å². The fraction of sp³-hybridized carbons (Fsp3) is 0.571. The Labute approximate surface area is 97.3 Å². The van der Waals surface area contributed by atoms with E-state index >= 15 is 0 Å². The van der Waals surface area contributed by atoms with Gasteiger partial charge in [-0.1, -0.05) is 26.0 Å². The molecule has 1 unspecified atom stereocenters. The van der Waals surface area contributed by atoms with Gasteiger partial charge in [0.2, 0.25) is 0 Å². The van der Waals surface area contributed by atoms with Crippen molar-refractivity contribution in [1.82, 2.24) is 0 Å². The minimum absolute atomic E-state index is 0.220. The van der Waals surface area contributed by atoms with Gasteiger partial charge in [0.25, 0.3) is 0 Å². The summed E-state index contributed by atoms with van der Waals surface area (Å²) < 4.78 is 5.59. The molecule has 0 aliphatic carbocycles. The first kappa shape index (κ1) is 11.5. The molecule has 0 aromatic heterocycles. The van der Waals surface area contributed by atoms with Crippen LogP contribution in [0.15, 0.2) is 18.2 Å². The van der Waals surface area contributed by atoms with Crippen LogP contribution in [0, 0.1) is 5.92 Å². The SMILES string of the molecule is CC(C)C(CO)c1ccc2c(c1)CCCO2. The zero-order valence-corrected chi connectivity index (χ0v) is 10.1. The van der Waals surface area contributed by atoms with E-state index in [0.29, 0.717) is 5.92 Å². The normalized spacial score (nSPS) is 16.8. The maximum Gasteiger partial charge on any atom is 0.122 e. The molecule has 1 aliphatic rings. The zero-order chi connectivity index (χ0) is 11.5. The van der Waals surface area contributed by atoms with Gasteiger partial charge in [-0.3, -0.25) is 0 Å². The molecule has 0 bridgehead atoms. The van der Waals surface area contributed by atoms with E-state index in [2.05, 4.69) is 32.0 Å². The molecule has 0 saturated heterocycles. The topological polar surface area (TPSA) is 29.5 Å². The molecule has 0 spiro atoms. The maximum atomic E-state index is 9.42. The smallest absolute Gasteiger partial charge is 0.122 e. The lowest BCUT2D eigenvalue weighted by Gasteiger charge is -2.22. The number of rotatable bonds is 3. The third kappa shape index (κ3) is 2.22. The number of fused-ring (bicyclic) bond motifs is 1. The number of hydrogen-bond acceptors (Lipinski definition) is 2. The third-order valence-electron chi connectivity index (χ3n) is 3.36. The molecule has 1 N–H and O–H groups in total. The highest BCUT2D eigenvalue weighted by atomic mass is 16.5. The lowest BCUT2D eigenvalue weighted by molar-refractivity contribution is 0.237. The van der Waals surface area contributed by atoms with Crippen molar-refractivity contribution in [2.45, 2.75) is 32.6 Å². The fourth-order valence-electron chi connectivity index (χ4n) is 2.31. The molecule has 0 fully saturated rings. The lowest BCUT2D eigenvalue weighted by atomic mass is 9.87. The van der Waals surface area contributed by atoms with Crippen molar-refractivity contribution in [1.29, 1.82) is 0 Å². The van der Waals surface area contributed by atoms with Crippen molar-refractivity contribution >= 4 is 0 Å². The molecule has 1 atom stereocenters. The Kier molecular flexibility index (Phi) is 3.49. The van der Waals surface area contributed by atoms with E-state index in [1.165, 1.54) is 11.1 Å². The average molecular weight is 220 g/mol. The number of benzene rings is 1.